The first-order valence-corrected chi connectivity index (χ1v) is 16.2. The van der Waals surface area contributed by atoms with Gasteiger partial charge in [0.1, 0.15) is 11.1 Å². The summed E-state index contributed by atoms with van der Waals surface area (Å²) in [6.07, 6.45) is 0. The molecule has 0 bridgehead atoms. The van der Waals surface area contributed by atoms with Crippen LogP contribution in [-0.2, 0) is 0 Å². The highest BCUT2D eigenvalue weighted by Crippen LogP contribution is 2.41. The molecule has 3 heterocycles. The maximum Gasteiger partial charge on any atom is 0.307 e. The summed E-state index contributed by atoms with van der Waals surface area (Å²) >= 11 is 0. The highest BCUT2D eigenvalue weighted by Gasteiger charge is 2.37. The molecule has 3 nitrogen and oxygen atoms in total. The van der Waals surface area contributed by atoms with Crippen LogP contribution in [0.5, 0.6) is 0 Å². The van der Waals surface area contributed by atoms with Gasteiger partial charge < -0.3 is 4.42 Å². The third kappa shape index (κ3) is 3.14. The third-order valence-corrected chi connectivity index (χ3v) is 10.4. The molecular formula is C41H31BN2O. The van der Waals surface area contributed by atoms with Gasteiger partial charge in [-0.25, -0.2) is 0 Å². The average Bonchev–Trinajstić information content (AvgIpc) is 3.45. The fourth-order valence-corrected chi connectivity index (χ4v) is 8.55. The van der Waals surface area contributed by atoms with Crippen molar-refractivity contribution in [3.8, 4) is 0 Å². The Morgan fingerprint density at radius 1 is 0.600 bits per heavy atom. The second kappa shape index (κ2) is 8.76. The molecule has 0 spiro atoms. The zero-order chi connectivity index (χ0) is 30.1. The van der Waals surface area contributed by atoms with Gasteiger partial charge in [0.2, 0.25) is 6.71 Å². The van der Waals surface area contributed by atoms with Gasteiger partial charge in [-0.3, -0.25) is 4.40 Å². The second-order valence-corrected chi connectivity index (χ2v) is 13.5. The van der Waals surface area contributed by atoms with Crippen LogP contribution in [0.2, 0.25) is 0 Å². The van der Waals surface area contributed by atoms with E-state index in [2.05, 4.69) is 135 Å². The van der Waals surface area contributed by atoms with E-state index in [9.17, 15) is 0 Å². The number of rotatable bonds is 3. The molecule has 0 aliphatic carbocycles. The lowest BCUT2D eigenvalue weighted by Crippen LogP contribution is -2.57. The van der Waals surface area contributed by atoms with Gasteiger partial charge in [-0.2, -0.15) is 4.98 Å². The number of fused-ring (bicyclic) bond motifs is 7. The SMILES string of the molecule is CC(C)c1cccc(C(C)C)c1B1c2cc3c4ccccc4c4ccccc4c3c3nc4oc5cccc6ccc1c(c65)n4c23. The summed E-state index contributed by atoms with van der Waals surface area (Å²) in [6, 6.07) is 38.2. The first-order chi connectivity index (χ1) is 22.0. The topological polar surface area (TPSA) is 30.4 Å². The second-order valence-electron chi connectivity index (χ2n) is 13.5. The minimum absolute atomic E-state index is 0.0562. The molecule has 0 fully saturated rings. The van der Waals surface area contributed by atoms with Crippen molar-refractivity contribution in [3.05, 3.63) is 114 Å². The molecule has 2 aromatic heterocycles. The Labute approximate surface area is 261 Å². The van der Waals surface area contributed by atoms with E-state index < -0.39 is 0 Å². The van der Waals surface area contributed by atoms with Gasteiger partial charge >= 0.3 is 5.84 Å². The Morgan fingerprint density at radius 2 is 1.24 bits per heavy atom. The molecule has 7 aromatic carbocycles. The summed E-state index contributed by atoms with van der Waals surface area (Å²) in [5.41, 5.74) is 11.2. The van der Waals surface area contributed by atoms with Gasteiger partial charge in [0.25, 0.3) is 0 Å². The van der Waals surface area contributed by atoms with E-state index in [1.165, 1.54) is 81.6 Å². The third-order valence-electron chi connectivity index (χ3n) is 10.4. The van der Waals surface area contributed by atoms with Crippen molar-refractivity contribution >= 4 is 94.2 Å². The van der Waals surface area contributed by atoms with Gasteiger partial charge in [-0.1, -0.05) is 130 Å². The fraction of sp³-hybridized carbons (Fsp3) is 0.146. The number of hydrogen-bond donors (Lipinski definition) is 0. The largest absolute Gasteiger partial charge is 0.424 e. The van der Waals surface area contributed by atoms with E-state index in [0.717, 1.165) is 11.1 Å². The van der Waals surface area contributed by atoms with Crippen molar-refractivity contribution in [1.82, 2.24) is 9.38 Å². The zero-order valence-electron chi connectivity index (χ0n) is 25.8. The van der Waals surface area contributed by atoms with Crippen molar-refractivity contribution < 1.29 is 4.42 Å². The molecule has 0 N–H and O–H groups in total. The number of benzene rings is 7. The first-order valence-electron chi connectivity index (χ1n) is 16.2. The Bertz CT molecular complexity index is 2700. The van der Waals surface area contributed by atoms with Crippen LogP contribution < -0.4 is 16.4 Å². The van der Waals surface area contributed by atoms with E-state index in [4.69, 9.17) is 9.40 Å². The van der Waals surface area contributed by atoms with Crippen molar-refractivity contribution in [1.29, 1.82) is 0 Å². The Balaban J connectivity index is 1.52. The molecule has 0 amide bonds. The predicted molar refractivity (Wildman–Crippen MR) is 192 cm³/mol. The maximum atomic E-state index is 6.68. The highest BCUT2D eigenvalue weighted by atomic mass is 16.3. The van der Waals surface area contributed by atoms with E-state index in [-0.39, 0.29) is 6.71 Å². The first kappa shape index (κ1) is 25.3. The van der Waals surface area contributed by atoms with Crippen molar-refractivity contribution in [3.63, 3.8) is 0 Å². The van der Waals surface area contributed by atoms with E-state index >= 15 is 0 Å². The van der Waals surface area contributed by atoms with Crippen LogP contribution >= 0.6 is 0 Å². The van der Waals surface area contributed by atoms with Crippen molar-refractivity contribution in [2.24, 2.45) is 0 Å². The summed E-state index contributed by atoms with van der Waals surface area (Å²) < 4.78 is 9.02. The fourth-order valence-electron chi connectivity index (χ4n) is 8.55. The number of nitrogens with zero attached hydrogens (tertiary/aromatic N) is 2. The minimum Gasteiger partial charge on any atom is -0.424 e. The maximum absolute atomic E-state index is 6.68. The summed E-state index contributed by atoms with van der Waals surface area (Å²) in [5, 5.41) is 9.86. The van der Waals surface area contributed by atoms with Crippen LogP contribution in [0.4, 0.5) is 0 Å². The Kier molecular flexibility index (Phi) is 4.92. The minimum atomic E-state index is 0.0562. The molecule has 10 rings (SSSR count). The van der Waals surface area contributed by atoms with Crippen LogP contribution in [0.1, 0.15) is 50.7 Å². The summed E-state index contributed by atoms with van der Waals surface area (Å²) in [4.78, 5) is 5.40. The molecule has 0 atom stereocenters. The molecular weight excluding hydrogens is 547 g/mol. The molecule has 1 aliphatic rings. The summed E-state index contributed by atoms with van der Waals surface area (Å²) in [6.45, 7) is 9.39. The van der Waals surface area contributed by atoms with Crippen LogP contribution in [0.3, 0.4) is 0 Å². The summed E-state index contributed by atoms with van der Waals surface area (Å²) in [7, 11) is 0. The lowest BCUT2D eigenvalue weighted by atomic mass is 9.33. The highest BCUT2D eigenvalue weighted by molar-refractivity contribution is 6.99. The van der Waals surface area contributed by atoms with E-state index in [1.807, 2.05) is 0 Å². The lowest BCUT2D eigenvalue weighted by Gasteiger charge is -2.30. The standard InChI is InChI=1S/C41H31BN2O/c1-22(2)25-16-10-17-26(23(3)4)37(25)42-32-20-19-24-11-9-18-34-35(24)39(32)44-40-33(42)21-31-29-14-6-5-12-27(29)28-13-7-8-15-30(28)36(31)38(40)43-41(44)45-34/h5-23H,1-4H3. The molecule has 1 aliphatic heterocycles. The molecule has 9 aromatic rings. The summed E-state index contributed by atoms with van der Waals surface area (Å²) in [5.74, 6) is 1.43. The molecule has 0 saturated carbocycles. The average molecular weight is 579 g/mol. The molecule has 45 heavy (non-hydrogen) atoms. The molecule has 0 saturated heterocycles. The van der Waals surface area contributed by atoms with Gasteiger partial charge in [0.05, 0.1) is 11.0 Å². The molecule has 214 valence electrons. The van der Waals surface area contributed by atoms with Gasteiger partial charge in [0, 0.05) is 10.8 Å². The Hall–Kier alpha value is -5.09. The molecule has 0 radical (unpaired) electrons. The normalized spacial score (nSPS) is 13.2. The van der Waals surface area contributed by atoms with E-state index in [0.29, 0.717) is 17.7 Å². The number of aromatic nitrogens is 2. The van der Waals surface area contributed by atoms with E-state index in [1.54, 1.807) is 0 Å². The molecule has 0 unspecified atom stereocenters. The van der Waals surface area contributed by atoms with Gasteiger partial charge in [0.15, 0.2) is 0 Å². The van der Waals surface area contributed by atoms with Crippen molar-refractivity contribution in [2.75, 3.05) is 0 Å². The Morgan fingerprint density at radius 3 is 1.96 bits per heavy atom. The van der Waals surface area contributed by atoms with Crippen LogP contribution in [0.25, 0.3) is 71.1 Å². The number of imidazole rings is 1. The van der Waals surface area contributed by atoms with Gasteiger partial charge in [-0.15, -0.1) is 0 Å². The molecule has 4 heteroatoms. The van der Waals surface area contributed by atoms with Crippen LogP contribution in [0.15, 0.2) is 108 Å². The van der Waals surface area contributed by atoms with Crippen LogP contribution in [-0.4, -0.2) is 16.1 Å². The number of hydrogen-bond acceptors (Lipinski definition) is 2. The van der Waals surface area contributed by atoms with Gasteiger partial charge in [-0.05, 0) is 72.3 Å². The predicted octanol–water partition coefficient (Wildman–Crippen LogP) is 8.92. The smallest absolute Gasteiger partial charge is 0.307 e. The quantitative estimate of drug-likeness (QED) is 0.155. The lowest BCUT2D eigenvalue weighted by molar-refractivity contribution is 0.624. The zero-order valence-corrected chi connectivity index (χ0v) is 25.8. The monoisotopic (exact) mass is 578 g/mol. The van der Waals surface area contributed by atoms with Crippen LogP contribution in [0, 0.1) is 0 Å². The van der Waals surface area contributed by atoms with Crippen molar-refractivity contribution in [2.45, 2.75) is 39.5 Å².